The Morgan fingerprint density at radius 1 is 1.40 bits per heavy atom. The number of imidazole rings is 1. The molecule has 0 fully saturated rings. The second kappa shape index (κ2) is 7.43. The molecule has 0 aliphatic heterocycles. The van der Waals surface area contributed by atoms with E-state index in [0.717, 1.165) is 32.0 Å². The predicted molar refractivity (Wildman–Crippen MR) is 62.7 cm³/mol. The van der Waals surface area contributed by atoms with Gasteiger partial charge < -0.3 is 15.2 Å². The summed E-state index contributed by atoms with van der Waals surface area (Å²) in [6.07, 6.45) is 4.84. The Bertz CT molecular complexity index is 229. The van der Waals surface area contributed by atoms with E-state index in [1.807, 2.05) is 6.20 Å². The smallest absolute Gasteiger partial charge is 0.120 e. The average Bonchev–Trinajstić information content (AvgIpc) is 2.76. The van der Waals surface area contributed by atoms with E-state index in [2.05, 4.69) is 34.0 Å². The average molecular weight is 210 g/mol. The fourth-order valence-electron chi connectivity index (χ4n) is 1.57. The van der Waals surface area contributed by atoms with E-state index in [1.54, 1.807) is 6.20 Å². The van der Waals surface area contributed by atoms with Crippen LogP contribution in [-0.2, 0) is 6.54 Å². The standard InChI is InChI=1S/C11H22N4/c1-3-15(4-2)9-5-6-12-10-11-13-7-8-14-11/h7-8,12H,3-6,9-10H2,1-2H3,(H,13,14). The van der Waals surface area contributed by atoms with Crippen molar-refractivity contribution in [1.82, 2.24) is 20.2 Å². The van der Waals surface area contributed by atoms with Gasteiger partial charge in [0, 0.05) is 12.4 Å². The minimum Gasteiger partial charge on any atom is -0.348 e. The number of hydrogen-bond acceptors (Lipinski definition) is 3. The fourth-order valence-corrected chi connectivity index (χ4v) is 1.57. The zero-order valence-electron chi connectivity index (χ0n) is 9.79. The normalized spacial score (nSPS) is 11.1. The van der Waals surface area contributed by atoms with Gasteiger partial charge in [0.15, 0.2) is 0 Å². The summed E-state index contributed by atoms with van der Waals surface area (Å²) in [6, 6.07) is 0. The molecule has 0 radical (unpaired) electrons. The minimum absolute atomic E-state index is 0.839. The third-order valence-corrected chi connectivity index (χ3v) is 2.57. The number of hydrogen-bond donors (Lipinski definition) is 2. The molecule has 1 aromatic rings. The van der Waals surface area contributed by atoms with Crippen LogP contribution in [-0.4, -0.2) is 41.0 Å². The second-order valence-electron chi connectivity index (χ2n) is 3.59. The van der Waals surface area contributed by atoms with E-state index in [-0.39, 0.29) is 0 Å². The summed E-state index contributed by atoms with van der Waals surface area (Å²) in [7, 11) is 0. The molecule has 15 heavy (non-hydrogen) atoms. The van der Waals surface area contributed by atoms with Gasteiger partial charge >= 0.3 is 0 Å². The van der Waals surface area contributed by atoms with Gasteiger partial charge in [0.1, 0.15) is 5.82 Å². The molecule has 1 aromatic heterocycles. The fraction of sp³-hybridized carbons (Fsp3) is 0.727. The first-order valence-corrected chi connectivity index (χ1v) is 5.78. The lowest BCUT2D eigenvalue weighted by Crippen LogP contribution is -2.27. The summed E-state index contributed by atoms with van der Waals surface area (Å²) in [5.74, 6) is 1.01. The summed E-state index contributed by atoms with van der Waals surface area (Å²) in [5.41, 5.74) is 0. The molecule has 0 unspecified atom stereocenters. The zero-order valence-corrected chi connectivity index (χ0v) is 9.79. The lowest BCUT2D eigenvalue weighted by Gasteiger charge is -2.17. The largest absolute Gasteiger partial charge is 0.348 e. The molecule has 4 heteroatoms. The van der Waals surface area contributed by atoms with Crippen LogP contribution in [0.2, 0.25) is 0 Å². The van der Waals surface area contributed by atoms with Crippen LogP contribution < -0.4 is 5.32 Å². The van der Waals surface area contributed by atoms with Gasteiger partial charge in [-0.3, -0.25) is 0 Å². The predicted octanol–water partition coefficient (Wildman–Crippen LogP) is 1.23. The van der Waals surface area contributed by atoms with Gasteiger partial charge in [-0.25, -0.2) is 4.98 Å². The van der Waals surface area contributed by atoms with Gasteiger partial charge in [-0.05, 0) is 32.6 Å². The Labute approximate surface area is 92.1 Å². The molecule has 0 amide bonds. The Hall–Kier alpha value is -0.870. The molecule has 0 saturated carbocycles. The lowest BCUT2D eigenvalue weighted by molar-refractivity contribution is 0.298. The molecule has 0 bridgehead atoms. The molecule has 4 nitrogen and oxygen atoms in total. The number of aromatic amines is 1. The molecule has 86 valence electrons. The Morgan fingerprint density at radius 3 is 2.80 bits per heavy atom. The van der Waals surface area contributed by atoms with Crippen molar-refractivity contribution >= 4 is 0 Å². The van der Waals surface area contributed by atoms with E-state index in [0.29, 0.717) is 0 Å². The van der Waals surface area contributed by atoms with Crippen LogP contribution in [0.3, 0.4) is 0 Å². The van der Waals surface area contributed by atoms with Gasteiger partial charge in [0.25, 0.3) is 0 Å². The van der Waals surface area contributed by atoms with Crippen molar-refractivity contribution in [3.8, 4) is 0 Å². The SMILES string of the molecule is CCN(CC)CCCNCc1ncc[nH]1. The van der Waals surface area contributed by atoms with Gasteiger partial charge in [-0.15, -0.1) is 0 Å². The van der Waals surface area contributed by atoms with Crippen molar-refractivity contribution < 1.29 is 0 Å². The molecule has 0 aliphatic carbocycles. The third kappa shape index (κ3) is 4.95. The first-order valence-electron chi connectivity index (χ1n) is 5.78. The van der Waals surface area contributed by atoms with Crippen molar-refractivity contribution in [2.45, 2.75) is 26.8 Å². The topological polar surface area (TPSA) is 44.0 Å². The molecular weight excluding hydrogens is 188 g/mol. The van der Waals surface area contributed by atoms with Gasteiger partial charge in [-0.2, -0.15) is 0 Å². The summed E-state index contributed by atoms with van der Waals surface area (Å²) >= 11 is 0. The zero-order chi connectivity index (χ0) is 10.9. The van der Waals surface area contributed by atoms with E-state index >= 15 is 0 Å². The maximum absolute atomic E-state index is 4.15. The molecule has 0 atom stereocenters. The quantitative estimate of drug-likeness (QED) is 0.634. The maximum atomic E-state index is 4.15. The molecule has 1 rings (SSSR count). The van der Waals surface area contributed by atoms with Crippen molar-refractivity contribution in [1.29, 1.82) is 0 Å². The van der Waals surface area contributed by atoms with Crippen molar-refractivity contribution in [3.05, 3.63) is 18.2 Å². The Kier molecular flexibility index (Phi) is 6.04. The highest BCUT2D eigenvalue weighted by Crippen LogP contribution is 1.90. The molecule has 1 heterocycles. The van der Waals surface area contributed by atoms with Crippen LogP contribution >= 0.6 is 0 Å². The summed E-state index contributed by atoms with van der Waals surface area (Å²) in [6.45, 7) is 9.78. The highest BCUT2D eigenvalue weighted by Gasteiger charge is 1.98. The number of nitrogens with one attached hydrogen (secondary N) is 2. The van der Waals surface area contributed by atoms with E-state index in [1.165, 1.54) is 13.0 Å². The van der Waals surface area contributed by atoms with Gasteiger partial charge in [0.05, 0.1) is 6.54 Å². The number of H-pyrrole nitrogens is 1. The number of aromatic nitrogens is 2. The van der Waals surface area contributed by atoms with Crippen molar-refractivity contribution in [3.63, 3.8) is 0 Å². The molecule has 0 aliphatic rings. The monoisotopic (exact) mass is 210 g/mol. The maximum Gasteiger partial charge on any atom is 0.120 e. The van der Waals surface area contributed by atoms with E-state index in [4.69, 9.17) is 0 Å². The summed E-state index contributed by atoms with van der Waals surface area (Å²) in [5, 5.41) is 3.37. The Morgan fingerprint density at radius 2 is 2.20 bits per heavy atom. The highest BCUT2D eigenvalue weighted by molar-refractivity contribution is 4.85. The van der Waals surface area contributed by atoms with E-state index < -0.39 is 0 Å². The summed E-state index contributed by atoms with van der Waals surface area (Å²) in [4.78, 5) is 9.67. The molecule has 0 aromatic carbocycles. The molecule has 0 saturated heterocycles. The number of rotatable bonds is 8. The van der Waals surface area contributed by atoms with Gasteiger partial charge in [0.2, 0.25) is 0 Å². The van der Waals surface area contributed by atoms with Crippen LogP contribution in [0.4, 0.5) is 0 Å². The first-order chi connectivity index (χ1) is 7.36. The van der Waals surface area contributed by atoms with Crippen LogP contribution in [0.5, 0.6) is 0 Å². The van der Waals surface area contributed by atoms with Crippen molar-refractivity contribution in [2.75, 3.05) is 26.2 Å². The summed E-state index contributed by atoms with van der Waals surface area (Å²) < 4.78 is 0. The lowest BCUT2D eigenvalue weighted by atomic mass is 10.3. The van der Waals surface area contributed by atoms with Crippen LogP contribution in [0, 0.1) is 0 Å². The third-order valence-electron chi connectivity index (χ3n) is 2.57. The Balaban J connectivity index is 1.97. The van der Waals surface area contributed by atoms with Gasteiger partial charge in [-0.1, -0.05) is 13.8 Å². The minimum atomic E-state index is 0.839. The second-order valence-corrected chi connectivity index (χ2v) is 3.59. The van der Waals surface area contributed by atoms with Crippen LogP contribution in [0.1, 0.15) is 26.1 Å². The highest BCUT2D eigenvalue weighted by atomic mass is 15.1. The van der Waals surface area contributed by atoms with Crippen LogP contribution in [0.15, 0.2) is 12.4 Å². The van der Waals surface area contributed by atoms with E-state index in [9.17, 15) is 0 Å². The molecule has 2 N–H and O–H groups in total. The first kappa shape index (κ1) is 12.2. The molecule has 0 spiro atoms. The van der Waals surface area contributed by atoms with Crippen LogP contribution in [0.25, 0.3) is 0 Å². The van der Waals surface area contributed by atoms with Crippen molar-refractivity contribution in [2.24, 2.45) is 0 Å². The molecular formula is C11H22N4. The number of nitrogens with zero attached hydrogens (tertiary/aromatic N) is 2.